The molecule has 10 nitrogen and oxygen atoms in total. The van der Waals surface area contributed by atoms with Gasteiger partial charge in [-0.25, -0.2) is 0 Å². The van der Waals surface area contributed by atoms with Crippen molar-refractivity contribution in [3.05, 3.63) is 79.1 Å². The van der Waals surface area contributed by atoms with Gasteiger partial charge in [0.2, 0.25) is 4.96 Å². The number of hydrogen-bond donors (Lipinski definition) is 1. The van der Waals surface area contributed by atoms with Gasteiger partial charge in [-0.3, -0.25) is 20.0 Å². The van der Waals surface area contributed by atoms with Gasteiger partial charge in [-0.1, -0.05) is 23.5 Å². The molecule has 0 saturated heterocycles. The van der Waals surface area contributed by atoms with Gasteiger partial charge in [-0.2, -0.15) is 14.6 Å². The first-order valence-electron chi connectivity index (χ1n) is 8.75. The number of furan rings is 1. The normalized spacial score (nSPS) is 12.1. The molecular formula is C19H12N6O4S. The maximum absolute atomic E-state index is 12.8. The van der Waals surface area contributed by atoms with Crippen LogP contribution < -0.4 is 10.1 Å². The molecule has 30 heavy (non-hydrogen) atoms. The molecule has 148 valence electrons. The summed E-state index contributed by atoms with van der Waals surface area (Å²) < 4.78 is 6.95. The van der Waals surface area contributed by atoms with Crippen LogP contribution in [0.15, 0.2) is 52.0 Å². The first-order chi connectivity index (χ1) is 14.5. The maximum atomic E-state index is 12.8. The first-order valence-corrected chi connectivity index (χ1v) is 9.57. The maximum Gasteiger partial charge on any atom is 0.291 e. The van der Waals surface area contributed by atoms with Crippen LogP contribution in [-0.4, -0.2) is 29.7 Å². The Bertz CT molecular complexity index is 1530. The summed E-state index contributed by atoms with van der Waals surface area (Å²) in [6.45, 7) is 1.80. The molecule has 0 spiro atoms. The molecule has 0 aliphatic rings. The lowest BCUT2D eigenvalue weighted by Gasteiger charge is -1.99. The summed E-state index contributed by atoms with van der Waals surface area (Å²) in [5, 5.41) is 22.2. The predicted molar refractivity (Wildman–Crippen MR) is 109 cm³/mol. The minimum absolute atomic E-state index is 0.0292. The van der Waals surface area contributed by atoms with E-state index in [1.54, 1.807) is 43.7 Å². The van der Waals surface area contributed by atoms with Gasteiger partial charge in [0.05, 0.1) is 33.2 Å². The summed E-state index contributed by atoms with van der Waals surface area (Å²) in [5.41, 5.74) is 2.20. The molecule has 1 N–H and O–H groups in total. The van der Waals surface area contributed by atoms with Crippen molar-refractivity contribution in [2.75, 3.05) is 0 Å². The van der Waals surface area contributed by atoms with E-state index >= 15 is 0 Å². The zero-order valence-corrected chi connectivity index (χ0v) is 16.2. The zero-order chi connectivity index (χ0) is 20.8. The lowest BCUT2D eigenvalue weighted by atomic mass is 10.1. The number of H-pyrrole nitrogens is 1. The largest absolute Gasteiger partial charge is 0.469 e. The van der Waals surface area contributed by atoms with Crippen molar-refractivity contribution in [3.63, 3.8) is 0 Å². The number of nitrogens with zero attached hydrogens (tertiary/aromatic N) is 5. The summed E-state index contributed by atoms with van der Waals surface area (Å²) >= 11 is 1.20. The Labute approximate surface area is 171 Å². The van der Waals surface area contributed by atoms with E-state index in [0.717, 1.165) is 5.56 Å². The van der Waals surface area contributed by atoms with E-state index in [1.807, 2.05) is 0 Å². The molecule has 0 atom stereocenters. The molecule has 5 rings (SSSR count). The van der Waals surface area contributed by atoms with Gasteiger partial charge in [-0.05, 0) is 19.1 Å². The zero-order valence-electron chi connectivity index (χ0n) is 15.4. The number of hydrogen-bond acceptors (Lipinski definition) is 8. The van der Waals surface area contributed by atoms with Gasteiger partial charge in [0.25, 0.3) is 11.2 Å². The number of benzene rings is 1. The number of nitro benzene ring substituents is 1. The molecule has 0 amide bonds. The molecule has 0 aliphatic carbocycles. The minimum Gasteiger partial charge on any atom is -0.469 e. The average molecular weight is 420 g/mol. The fourth-order valence-corrected chi connectivity index (χ4v) is 4.02. The molecule has 0 bridgehead atoms. The monoisotopic (exact) mass is 420 g/mol. The van der Waals surface area contributed by atoms with Gasteiger partial charge < -0.3 is 4.42 Å². The summed E-state index contributed by atoms with van der Waals surface area (Å²) in [7, 11) is 0. The van der Waals surface area contributed by atoms with E-state index in [9.17, 15) is 14.9 Å². The molecule has 5 aromatic rings. The van der Waals surface area contributed by atoms with E-state index in [-0.39, 0.29) is 11.2 Å². The van der Waals surface area contributed by atoms with Crippen LogP contribution in [-0.2, 0) is 0 Å². The summed E-state index contributed by atoms with van der Waals surface area (Å²) in [5.74, 6) is 1.10. The number of fused-ring (bicyclic) bond motifs is 1. The van der Waals surface area contributed by atoms with Crippen molar-refractivity contribution in [1.82, 2.24) is 24.8 Å². The Morgan fingerprint density at radius 1 is 1.33 bits per heavy atom. The quantitative estimate of drug-likeness (QED) is 0.349. The SMILES string of the molecule is Cc1occc1-c1nc2sc(=Cc3cn[nH]c3-c3cccc([N+](=O)[O-])c3)c(=O)n2n1. The standard InChI is InChI=1S/C19H12N6O4S/c1-10-14(5-6-29-10)17-21-19-24(23-17)18(26)15(30-19)8-12-9-20-22-16(12)11-3-2-4-13(7-11)25(27)28/h2-9H,1H3,(H,20,22). The van der Waals surface area contributed by atoms with E-state index in [0.29, 0.717) is 37.9 Å². The second kappa shape index (κ2) is 6.74. The van der Waals surface area contributed by atoms with E-state index in [2.05, 4.69) is 20.3 Å². The summed E-state index contributed by atoms with van der Waals surface area (Å²) in [6.07, 6.45) is 4.78. The molecular weight excluding hydrogens is 408 g/mol. The second-order valence-corrected chi connectivity index (χ2v) is 7.45. The predicted octanol–water partition coefficient (Wildman–Crippen LogP) is 2.57. The number of nitrogens with one attached hydrogen (secondary N) is 1. The van der Waals surface area contributed by atoms with Crippen molar-refractivity contribution in [2.45, 2.75) is 6.92 Å². The van der Waals surface area contributed by atoms with Gasteiger partial charge in [-0.15, -0.1) is 5.10 Å². The van der Waals surface area contributed by atoms with Crippen molar-refractivity contribution in [2.24, 2.45) is 0 Å². The van der Waals surface area contributed by atoms with Crippen LogP contribution in [0.3, 0.4) is 0 Å². The highest BCUT2D eigenvalue weighted by Crippen LogP contribution is 2.25. The molecule has 1 aromatic carbocycles. The van der Waals surface area contributed by atoms with Crippen LogP contribution in [0.1, 0.15) is 11.3 Å². The number of thiazole rings is 1. The van der Waals surface area contributed by atoms with Crippen LogP contribution in [0.2, 0.25) is 0 Å². The molecule has 0 aliphatic heterocycles. The van der Waals surface area contributed by atoms with Gasteiger partial charge in [0, 0.05) is 23.3 Å². The number of aryl methyl sites for hydroxylation is 1. The molecule has 0 fully saturated rings. The Morgan fingerprint density at radius 3 is 2.93 bits per heavy atom. The van der Waals surface area contributed by atoms with Crippen molar-refractivity contribution in [3.8, 4) is 22.6 Å². The lowest BCUT2D eigenvalue weighted by molar-refractivity contribution is -0.384. The number of non-ortho nitro benzene ring substituents is 1. The van der Waals surface area contributed by atoms with Crippen LogP contribution in [0.4, 0.5) is 5.69 Å². The van der Waals surface area contributed by atoms with Crippen LogP contribution in [0.5, 0.6) is 0 Å². The minimum atomic E-state index is -0.460. The van der Waals surface area contributed by atoms with E-state index < -0.39 is 4.92 Å². The van der Waals surface area contributed by atoms with E-state index in [4.69, 9.17) is 4.42 Å². The van der Waals surface area contributed by atoms with Crippen molar-refractivity contribution >= 4 is 28.1 Å². The second-order valence-electron chi connectivity index (χ2n) is 6.44. The topological polar surface area (TPSA) is 132 Å². The number of aromatic amines is 1. The summed E-state index contributed by atoms with van der Waals surface area (Å²) in [4.78, 5) is 28.3. The molecule has 4 aromatic heterocycles. The third-order valence-electron chi connectivity index (χ3n) is 4.58. The smallest absolute Gasteiger partial charge is 0.291 e. The Kier molecular flexibility index (Phi) is 4.03. The highest BCUT2D eigenvalue weighted by Gasteiger charge is 2.16. The third kappa shape index (κ3) is 2.88. The van der Waals surface area contributed by atoms with Crippen LogP contribution in [0, 0.1) is 17.0 Å². The fraction of sp³-hybridized carbons (Fsp3) is 0.0526. The lowest BCUT2D eigenvalue weighted by Crippen LogP contribution is -2.23. The molecule has 0 saturated carbocycles. The molecule has 11 heteroatoms. The number of nitro groups is 1. The highest BCUT2D eigenvalue weighted by atomic mass is 32.1. The van der Waals surface area contributed by atoms with Gasteiger partial charge >= 0.3 is 0 Å². The van der Waals surface area contributed by atoms with Crippen LogP contribution >= 0.6 is 11.3 Å². The molecule has 4 heterocycles. The Hall–Kier alpha value is -4.12. The highest BCUT2D eigenvalue weighted by molar-refractivity contribution is 7.15. The number of aromatic nitrogens is 5. The number of rotatable bonds is 4. The van der Waals surface area contributed by atoms with Crippen molar-refractivity contribution in [1.29, 1.82) is 0 Å². The Morgan fingerprint density at radius 2 is 2.20 bits per heavy atom. The fourth-order valence-electron chi connectivity index (χ4n) is 3.12. The van der Waals surface area contributed by atoms with Crippen molar-refractivity contribution < 1.29 is 9.34 Å². The van der Waals surface area contributed by atoms with Crippen LogP contribution in [0.25, 0.3) is 33.7 Å². The van der Waals surface area contributed by atoms with Gasteiger partial charge in [0.1, 0.15) is 5.76 Å². The first kappa shape index (κ1) is 17.9. The average Bonchev–Trinajstić information content (AvgIpc) is 3.49. The molecule has 0 unspecified atom stereocenters. The third-order valence-corrected chi connectivity index (χ3v) is 5.54. The van der Waals surface area contributed by atoms with Gasteiger partial charge in [0.15, 0.2) is 5.82 Å². The summed E-state index contributed by atoms with van der Waals surface area (Å²) in [6, 6.07) is 7.95. The van der Waals surface area contributed by atoms with E-state index in [1.165, 1.54) is 28.0 Å². The molecule has 0 radical (unpaired) electrons. The Balaban J connectivity index is 1.59.